The van der Waals surface area contributed by atoms with Gasteiger partial charge in [-0.15, -0.1) is 0 Å². The number of halogens is 3. The summed E-state index contributed by atoms with van der Waals surface area (Å²) in [5, 5.41) is 0. The molecule has 0 atom stereocenters. The molecule has 5 nitrogen and oxygen atoms in total. The molecule has 31 heavy (non-hydrogen) atoms. The van der Waals surface area contributed by atoms with Gasteiger partial charge in [0.05, 0.1) is 11.6 Å². The predicted octanol–water partition coefficient (Wildman–Crippen LogP) is 4.75. The summed E-state index contributed by atoms with van der Waals surface area (Å²) in [5.41, 5.74) is 0.00230. The van der Waals surface area contributed by atoms with Gasteiger partial charge in [-0.3, -0.25) is 4.79 Å². The van der Waals surface area contributed by atoms with Crippen LogP contribution in [-0.2, 0) is 0 Å². The molecule has 1 aromatic heterocycles. The molecule has 1 aromatic carbocycles. The van der Waals surface area contributed by atoms with Gasteiger partial charge in [0.15, 0.2) is 12.2 Å². The molecule has 0 radical (unpaired) electrons. The third-order valence-electron chi connectivity index (χ3n) is 6.96. The molecule has 2 saturated carbocycles. The molecule has 1 aliphatic heterocycles. The van der Waals surface area contributed by atoms with E-state index in [0.29, 0.717) is 24.4 Å². The van der Waals surface area contributed by atoms with Gasteiger partial charge in [-0.2, -0.15) is 13.2 Å². The summed E-state index contributed by atoms with van der Waals surface area (Å²) in [6.07, 6.45) is 2.83. The molecule has 0 unspecified atom stereocenters. The van der Waals surface area contributed by atoms with Crippen molar-refractivity contribution in [1.29, 1.82) is 0 Å². The fraction of sp³-hybridized carbons (Fsp3) is 0.565. The summed E-state index contributed by atoms with van der Waals surface area (Å²) < 4.78 is 45.2. The molecule has 166 valence electrons. The summed E-state index contributed by atoms with van der Waals surface area (Å²) in [6.45, 7) is 1.33. The van der Waals surface area contributed by atoms with Gasteiger partial charge >= 0.3 is 6.18 Å². The Hall–Kier alpha value is -2.35. The van der Waals surface area contributed by atoms with Crippen LogP contribution in [0.4, 0.5) is 13.2 Å². The summed E-state index contributed by atoms with van der Waals surface area (Å²) >= 11 is 0. The molecule has 0 bridgehead atoms. The highest BCUT2D eigenvalue weighted by molar-refractivity contribution is 5.95. The van der Waals surface area contributed by atoms with E-state index in [1.54, 1.807) is 6.20 Å². The van der Waals surface area contributed by atoms with Crippen LogP contribution in [0.15, 0.2) is 41.3 Å². The van der Waals surface area contributed by atoms with Gasteiger partial charge in [-0.05, 0) is 50.7 Å². The van der Waals surface area contributed by atoms with Gasteiger partial charge < -0.3 is 14.2 Å². The molecule has 0 N–H and O–H groups in total. The minimum Gasteiger partial charge on any atom is -0.444 e. The standard InChI is InChI=1S/C23H26F3N3O2/c24-23(25,26)22(9-10-22)14-28-11-7-19(8-12-28)29(18-5-6-18)21(30)17-3-1-16(2-4-17)20-13-27-15-31-20/h1-4,13,15,18-19H,5-12,14H2. The Bertz CT molecular complexity index is 911. The minimum atomic E-state index is -4.11. The normalized spacial score (nSPS) is 21.8. The SMILES string of the molecule is O=C(c1ccc(-c2cnco2)cc1)N(C1CC1)C1CCN(CC2(C(F)(F)F)CC2)CC1. The highest BCUT2D eigenvalue weighted by Crippen LogP contribution is 2.58. The maximum Gasteiger partial charge on any atom is 0.395 e. The van der Waals surface area contributed by atoms with Gasteiger partial charge in [0.25, 0.3) is 5.91 Å². The van der Waals surface area contributed by atoms with E-state index >= 15 is 0 Å². The maximum atomic E-state index is 13.3. The number of alkyl halides is 3. The van der Waals surface area contributed by atoms with E-state index in [1.807, 2.05) is 34.1 Å². The van der Waals surface area contributed by atoms with E-state index in [2.05, 4.69) is 4.98 Å². The van der Waals surface area contributed by atoms with E-state index < -0.39 is 11.6 Å². The second-order valence-corrected chi connectivity index (χ2v) is 9.17. The Morgan fingerprint density at radius 2 is 1.74 bits per heavy atom. The van der Waals surface area contributed by atoms with Crippen molar-refractivity contribution in [1.82, 2.24) is 14.8 Å². The number of hydrogen-bond acceptors (Lipinski definition) is 4. The molecule has 8 heteroatoms. The first-order valence-corrected chi connectivity index (χ1v) is 11.0. The maximum absolute atomic E-state index is 13.3. The first-order chi connectivity index (χ1) is 14.9. The Labute approximate surface area is 179 Å². The molecule has 3 aliphatic rings. The van der Waals surface area contributed by atoms with Crippen LogP contribution in [0.3, 0.4) is 0 Å². The van der Waals surface area contributed by atoms with Gasteiger partial charge in [0.1, 0.15) is 0 Å². The lowest BCUT2D eigenvalue weighted by Crippen LogP contribution is -2.50. The average Bonchev–Trinajstić information content (AvgIpc) is 3.68. The molecule has 5 rings (SSSR count). The number of carbonyl (C=O) groups excluding carboxylic acids is 1. The fourth-order valence-electron chi connectivity index (χ4n) is 4.73. The Balaban J connectivity index is 1.23. The number of oxazole rings is 1. The largest absolute Gasteiger partial charge is 0.444 e. The van der Waals surface area contributed by atoms with Crippen LogP contribution in [0.2, 0.25) is 0 Å². The first-order valence-electron chi connectivity index (χ1n) is 11.0. The number of nitrogens with zero attached hydrogens (tertiary/aromatic N) is 3. The third-order valence-corrected chi connectivity index (χ3v) is 6.96. The minimum absolute atomic E-state index is 0.0130. The molecule has 2 heterocycles. The Morgan fingerprint density at radius 3 is 2.26 bits per heavy atom. The third kappa shape index (κ3) is 4.10. The lowest BCUT2D eigenvalue weighted by molar-refractivity contribution is -0.192. The zero-order valence-corrected chi connectivity index (χ0v) is 17.3. The van der Waals surface area contributed by atoms with Gasteiger partial charge in [0, 0.05) is 42.8 Å². The molecular weight excluding hydrogens is 407 g/mol. The average molecular weight is 433 g/mol. The number of hydrogen-bond donors (Lipinski definition) is 0. The predicted molar refractivity (Wildman–Crippen MR) is 108 cm³/mol. The van der Waals surface area contributed by atoms with Crippen molar-refractivity contribution in [2.75, 3.05) is 19.6 Å². The summed E-state index contributed by atoms with van der Waals surface area (Å²) in [7, 11) is 0. The molecule has 1 saturated heterocycles. The number of likely N-dealkylation sites (tertiary alicyclic amines) is 1. The number of amides is 1. The second-order valence-electron chi connectivity index (χ2n) is 9.17. The highest BCUT2D eigenvalue weighted by atomic mass is 19.4. The van der Waals surface area contributed by atoms with Crippen LogP contribution < -0.4 is 0 Å². The monoisotopic (exact) mass is 433 g/mol. The Morgan fingerprint density at radius 1 is 1.10 bits per heavy atom. The molecule has 2 aliphatic carbocycles. The fourth-order valence-corrected chi connectivity index (χ4v) is 4.73. The smallest absolute Gasteiger partial charge is 0.395 e. The van der Waals surface area contributed by atoms with E-state index in [9.17, 15) is 18.0 Å². The van der Waals surface area contributed by atoms with Crippen molar-refractivity contribution in [3.63, 3.8) is 0 Å². The first kappa shape index (κ1) is 20.5. The number of benzene rings is 1. The molecule has 3 fully saturated rings. The number of aromatic nitrogens is 1. The van der Waals surface area contributed by atoms with Crippen molar-refractivity contribution < 1.29 is 22.4 Å². The highest BCUT2D eigenvalue weighted by Gasteiger charge is 2.63. The van der Waals surface area contributed by atoms with E-state index in [-0.39, 0.29) is 37.4 Å². The van der Waals surface area contributed by atoms with Gasteiger partial charge in [0.2, 0.25) is 0 Å². The number of carbonyl (C=O) groups is 1. The van der Waals surface area contributed by atoms with Crippen LogP contribution in [-0.4, -0.2) is 58.6 Å². The van der Waals surface area contributed by atoms with Crippen LogP contribution >= 0.6 is 0 Å². The van der Waals surface area contributed by atoms with Crippen molar-refractivity contribution in [2.45, 2.75) is 56.8 Å². The molecule has 0 spiro atoms. The lowest BCUT2D eigenvalue weighted by Gasteiger charge is -2.40. The molecule has 1 amide bonds. The summed E-state index contributed by atoms with van der Waals surface area (Å²) in [5.74, 6) is 0.664. The summed E-state index contributed by atoms with van der Waals surface area (Å²) in [6, 6.07) is 7.67. The van der Waals surface area contributed by atoms with Crippen LogP contribution in [0.5, 0.6) is 0 Å². The van der Waals surface area contributed by atoms with Crippen molar-refractivity contribution >= 4 is 5.91 Å². The van der Waals surface area contributed by atoms with Crippen molar-refractivity contribution in [3.8, 4) is 11.3 Å². The Kier molecular flexibility index (Phi) is 5.07. The topological polar surface area (TPSA) is 49.6 Å². The van der Waals surface area contributed by atoms with Crippen molar-refractivity contribution in [3.05, 3.63) is 42.4 Å². The molecule has 2 aromatic rings. The zero-order chi connectivity index (χ0) is 21.6. The van der Waals surface area contributed by atoms with E-state index in [0.717, 1.165) is 31.2 Å². The van der Waals surface area contributed by atoms with E-state index in [4.69, 9.17) is 4.42 Å². The zero-order valence-electron chi connectivity index (χ0n) is 17.3. The number of piperidine rings is 1. The van der Waals surface area contributed by atoms with Crippen molar-refractivity contribution in [2.24, 2.45) is 5.41 Å². The molecular formula is C23H26F3N3O2. The lowest BCUT2D eigenvalue weighted by atomic mass is 9.98. The van der Waals surface area contributed by atoms with Gasteiger partial charge in [-0.25, -0.2) is 4.98 Å². The number of rotatable bonds is 6. The summed E-state index contributed by atoms with van der Waals surface area (Å²) in [4.78, 5) is 21.2. The van der Waals surface area contributed by atoms with Crippen LogP contribution in [0.25, 0.3) is 11.3 Å². The quantitative estimate of drug-likeness (QED) is 0.660. The second kappa shape index (κ2) is 7.65. The van der Waals surface area contributed by atoms with E-state index in [1.165, 1.54) is 6.39 Å². The van der Waals surface area contributed by atoms with Gasteiger partial charge in [-0.1, -0.05) is 12.1 Å². The van der Waals surface area contributed by atoms with Crippen LogP contribution in [0, 0.1) is 5.41 Å². The van der Waals surface area contributed by atoms with Crippen LogP contribution in [0.1, 0.15) is 48.9 Å².